The molecule has 6 nitrogen and oxygen atoms in total. The zero-order valence-corrected chi connectivity index (χ0v) is 10.7. The van der Waals surface area contributed by atoms with E-state index in [0.717, 1.165) is 4.57 Å². The van der Waals surface area contributed by atoms with E-state index in [2.05, 4.69) is 9.97 Å². The third-order valence-electron chi connectivity index (χ3n) is 2.43. The van der Waals surface area contributed by atoms with Gasteiger partial charge in [-0.3, -0.25) is 13.9 Å². The number of aromatic nitrogens is 4. The van der Waals surface area contributed by atoms with Crippen molar-refractivity contribution >= 4 is 11.0 Å². The molecule has 2 aromatic heterocycles. The molecule has 0 aliphatic heterocycles. The fourth-order valence-corrected chi connectivity index (χ4v) is 1.54. The minimum absolute atomic E-state index is 0.355. The smallest absolute Gasteiger partial charge is 0.280 e. The molecule has 92 valence electrons. The van der Waals surface area contributed by atoms with Crippen molar-refractivity contribution in [1.82, 2.24) is 19.1 Å². The largest absolute Gasteiger partial charge is 0.332 e. The van der Waals surface area contributed by atoms with E-state index < -0.39 is 0 Å². The Kier molecular flexibility index (Phi) is 3.77. The SMILES string of the molecule is CC.Cc1ncnc2c1c(=O)n(C)c(=O)n2C. The Hall–Kier alpha value is -1.98. The molecule has 0 radical (unpaired) electrons. The van der Waals surface area contributed by atoms with Crippen LogP contribution in [0, 0.1) is 6.92 Å². The van der Waals surface area contributed by atoms with Gasteiger partial charge in [0.25, 0.3) is 5.56 Å². The summed E-state index contributed by atoms with van der Waals surface area (Å²) < 4.78 is 2.39. The first-order valence-electron chi connectivity index (χ1n) is 5.41. The van der Waals surface area contributed by atoms with E-state index in [-0.39, 0.29) is 11.2 Å². The lowest BCUT2D eigenvalue weighted by Crippen LogP contribution is -2.37. The molecule has 0 aliphatic rings. The number of fused-ring (bicyclic) bond motifs is 1. The van der Waals surface area contributed by atoms with Crippen LogP contribution in [0.2, 0.25) is 0 Å². The highest BCUT2D eigenvalue weighted by molar-refractivity contribution is 5.75. The molecule has 0 saturated carbocycles. The van der Waals surface area contributed by atoms with E-state index in [1.54, 1.807) is 14.0 Å². The van der Waals surface area contributed by atoms with Gasteiger partial charge >= 0.3 is 5.69 Å². The van der Waals surface area contributed by atoms with Gasteiger partial charge in [0.1, 0.15) is 11.7 Å². The van der Waals surface area contributed by atoms with Crippen LogP contribution in [0.5, 0.6) is 0 Å². The number of rotatable bonds is 0. The Balaban J connectivity index is 0.000000686. The van der Waals surface area contributed by atoms with Gasteiger partial charge in [0, 0.05) is 14.1 Å². The number of hydrogen-bond acceptors (Lipinski definition) is 4. The topological polar surface area (TPSA) is 69.8 Å². The van der Waals surface area contributed by atoms with Crippen LogP contribution in [0.15, 0.2) is 15.9 Å². The van der Waals surface area contributed by atoms with Crippen LogP contribution in [-0.4, -0.2) is 19.1 Å². The molecular weight excluding hydrogens is 220 g/mol. The minimum Gasteiger partial charge on any atom is -0.280 e. The molecule has 2 aromatic rings. The van der Waals surface area contributed by atoms with E-state index in [4.69, 9.17) is 0 Å². The highest BCUT2D eigenvalue weighted by atomic mass is 16.2. The zero-order valence-electron chi connectivity index (χ0n) is 10.7. The van der Waals surface area contributed by atoms with Crippen molar-refractivity contribution < 1.29 is 0 Å². The van der Waals surface area contributed by atoms with Gasteiger partial charge in [-0.25, -0.2) is 14.8 Å². The van der Waals surface area contributed by atoms with Crippen LogP contribution >= 0.6 is 0 Å². The second kappa shape index (κ2) is 4.90. The maximum absolute atomic E-state index is 11.8. The summed E-state index contributed by atoms with van der Waals surface area (Å²) in [5.41, 5.74) is 0.212. The minimum atomic E-state index is -0.384. The Labute approximate surface area is 98.6 Å². The molecule has 17 heavy (non-hydrogen) atoms. The van der Waals surface area contributed by atoms with E-state index >= 15 is 0 Å². The molecule has 0 bridgehead atoms. The van der Waals surface area contributed by atoms with Gasteiger partial charge in [-0.05, 0) is 6.92 Å². The van der Waals surface area contributed by atoms with Crippen LogP contribution in [0.25, 0.3) is 11.0 Å². The van der Waals surface area contributed by atoms with E-state index in [9.17, 15) is 9.59 Å². The van der Waals surface area contributed by atoms with Crippen molar-refractivity contribution in [2.75, 3.05) is 0 Å². The van der Waals surface area contributed by atoms with Crippen LogP contribution in [-0.2, 0) is 14.1 Å². The average molecular weight is 236 g/mol. The molecule has 6 heteroatoms. The quantitative estimate of drug-likeness (QED) is 0.662. The summed E-state index contributed by atoms with van der Waals surface area (Å²) in [7, 11) is 3.02. The first-order valence-corrected chi connectivity index (χ1v) is 5.41. The highest BCUT2D eigenvalue weighted by Gasteiger charge is 2.11. The third-order valence-corrected chi connectivity index (χ3v) is 2.43. The standard InChI is InChI=1S/C9H10N4O2.C2H6/c1-5-6-7(11-4-10-5)12(2)9(15)13(3)8(6)14;1-2/h4H,1-3H3;1-2H3. The maximum Gasteiger partial charge on any atom is 0.332 e. The summed E-state index contributed by atoms with van der Waals surface area (Å²) in [6.45, 7) is 5.72. The predicted molar refractivity (Wildman–Crippen MR) is 66.1 cm³/mol. The summed E-state index contributed by atoms with van der Waals surface area (Å²) in [5, 5.41) is 0.391. The van der Waals surface area contributed by atoms with Crippen molar-refractivity contribution in [2.24, 2.45) is 14.1 Å². The van der Waals surface area contributed by atoms with Gasteiger partial charge in [0.2, 0.25) is 0 Å². The predicted octanol–water partition coefficient (Wildman–Crippen LogP) is 0.362. The molecule has 0 saturated heterocycles. The number of aryl methyl sites for hydroxylation is 2. The van der Waals surface area contributed by atoms with E-state index in [0.29, 0.717) is 16.7 Å². The Morgan fingerprint density at radius 1 is 1.06 bits per heavy atom. The molecule has 0 N–H and O–H groups in total. The fourth-order valence-electron chi connectivity index (χ4n) is 1.54. The molecule has 0 unspecified atom stereocenters. The zero-order chi connectivity index (χ0) is 13.2. The summed E-state index contributed by atoms with van der Waals surface area (Å²) >= 11 is 0. The van der Waals surface area contributed by atoms with Crippen molar-refractivity contribution in [3.05, 3.63) is 32.9 Å². The maximum atomic E-state index is 11.8. The van der Waals surface area contributed by atoms with Gasteiger partial charge < -0.3 is 0 Å². The van der Waals surface area contributed by atoms with Crippen LogP contribution in [0.4, 0.5) is 0 Å². The molecule has 0 spiro atoms. The first kappa shape index (κ1) is 13.1. The Morgan fingerprint density at radius 2 is 1.65 bits per heavy atom. The molecule has 2 heterocycles. The number of hydrogen-bond donors (Lipinski definition) is 0. The molecule has 0 amide bonds. The van der Waals surface area contributed by atoms with Crippen molar-refractivity contribution in [3.63, 3.8) is 0 Å². The van der Waals surface area contributed by atoms with Crippen LogP contribution in [0.1, 0.15) is 19.5 Å². The lowest BCUT2D eigenvalue weighted by Gasteiger charge is -2.06. The lowest BCUT2D eigenvalue weighted by molar-refractivity contribution is 0.705. The van der Waals surface area contributed by atoms with Gasteiger partial charge in [-0.1, -0.05) is 13.8 Å². The van der Waals surface area contributed by atoms with E-state index in [1.165, 1.54) is 17.9 Å². The van der Waals surface area contributed by atoms with Gasteiger partial charge in [-0.2, -0.15) is 0 Å². The van der Waals surface area contributed by atoms with Crippen molar-refractivity contribution in [3.8, 4) is 0 Å². The summed E-state index contributed by atoms with van der Waals surface area (Å²) in [6, 6.07) is 0. The molecule has 0 aromatic carbocycles. The molecular formula is C11H16N4O2. The first-order chi connectivity index (χ1) is 8.04. The average Bonchev–Trinajstić information content (AvgIpc) is 2.36. The monoisotopic (exact) mass is 236 g/mol. The molecule has 2 rings (SSSR count). The van der Waals surface area contributed by atoms with Crippen molar-refractivity contribution in [1.29, 1.82) is 0 Å². The van der Waals surface area contributed by atoms with E-state index in [1.807, 2.05) is 13.8 Å². The summed E-state index contributed by atoms with van der Waals surface area (Å²) in [6.07, 6.45) is 1.34. The normalized spacial score (nSPS) is 9.94. The van der Waals surface area contributed by atoms with Gasteiger partial charge in [0.05, 0.1) is 5.69 Å². The molecule has 0 fully saturated rings. The number of nitrogens with zero attached hydrogens (tertiary/aromatic N) is 4. The molecule has 0 aliphatic carbocycles. The van der Waals surface area contributed by atoms with Gasteiger partial charge in [-0.15, -0.1) is 0 Å². The second-order valence-corrected chi connectivity index (χ2v) is 3.36. The lowest BCUT2D eigenvalue weighted by atomic mass is 10.3. The fraction of sp³-hybridized carbons (Fsp3) is 0.455. The Bertz CT molecular complexity index is 655. The molecule has 0 atom stereocenters. The van der Waals surface area contributed by atoms with Gasteiger partial charge in [0.15, 0.2) is 5.65 Å². The second-order valence-electron chi connectivity index (χ2n) is 3.36. The van der Waals surface area contributed by atoms with Crippen LogP contribution < -0.4 is 11.2 Å². The van der Waals surface area contributed by atoms with Crippen molar-refractivity contribution in [2.45, 2.75) is 20.8 Å². The third kappa shape index (κ3) is 1.98. The Morgan fingerprint density at radius 3 is 2.24 bits per heavy atom. The summed E-state index contributed by atoms with van der Waals surface area (Å²) in [5.74, 6) is 0. The van der Waals surface area contributed by atoms with Crippen LogP contribution in [0.3, 0.4) is 0 Å². The highest BCUT2D eigenvalue weighted by Crippen LogP contribution is 2.05. The summed E-state index contributed by atoms with van der Waals surface area (Å²) in [4.78, 5) is 31.3.